The molecule has 0 saturated carbocycles. The van der Waals surface area contributed by atoms with Gasteiger partial charge in [0.1, 0.15) is 12.3 Å². The largest absolute Gasteiger partial charge is 0.375 e. The normalized spacial score (nSPS) is 10.9. The summed E-state index contributed by atoms with van der Waals surface area (Å²) in [5.41, 5.74) is 4.08. The lowest BCUT2D eigenvalue weighted by Crippen LogP contribution is -2.18. The fourth-order valence-electron chi connectivity index (χ4n) is 3.09. The predicted octanol–water partition coefficient (Wildman–Crippen LogP) is 4.08. The molecule has 0 fully saturated rings. The first-order valence-electron chi connectivity index (χ1n) is 8.96. The van der Waals surface area contributed by atoms with Gasteiger partial charge in [0.2, 0.25) is 5.91 Å². The number of fused-ring (bicyclic) bond motifs is 1. The van der Waals surface area contributed by atoms with Gasteiger partial charge in [-0.25, -0.2) is 4.98 Å². The number of carbonyl (C=O) groups excluding carboxylic acids is 1. The molecule has 0 unspecified atom stereocenters. The van der Waals surface area contributed by atoms with Crippen LogP contribution in [0.25, 0.3) is 11.0 Å². The van der Waals surface area contributed by atoms with E-state index in [-0.39, 0.29) is 12.5 Å². The Labute approximate surface area is 164 Å². The van der Waals surface area contributed by atoms with Gasteiger partial charge in [0, 0.05) is 30.6 Å². The number of aryl methyl sites for hydroxylation is 2. The fourth-order valence-corrected chi connectivity index (χ4v) is 3.29. The van der Waals surface area contributed by atoms with E-state index in [1.54, 1.807) is 0 Å². The van der Waals surface area contributed by atoms with E-state index in [1.807, 2.05) is 36.7 Å². The van der Waals surface area contributed by atoms with Gasteiger partial charge in [-0.15, -0.1) is 0 Å². The summed E-state index contributed by atoms with van der Waals surface area (Å²) in [7, 11) is 1.51. The van der Waals surface area contributed by atoms with Crippen molar-refractivity contribution in [1.29, 1.82) is 0 Å². The first-order chi connectivity index (χ1) is 13.2. The summed E-state index contributed by atoms with van der Waals surface area (Å²) >= 11 is 5.60. The smallest absolute Gasteiger partial charge is 0.250 e. The molecule has 1 aromatic carbocycles. The van der Waals surface area contributed by atoms with Crippen LogP contribution in [0.3, 0.4) is 0 Å². The summed E-state index contributed by atoms with van der Waals surface area (Å²) in [6, 6.07) is 11.9. The summed E-state index contributed by atoms with van der Waals surface area (Å²) < 4.78 is 4.87. The number of pyridine rings is 1. The van der Waals surface area contributed by atoms with Crippen LogP contribution in [0.15, 0.2) is 48.8 Å². The van der Waals surface area contributed by atoms with E-state index in [2.05, 4.69) is 27.4 Å². The number of nitrogens with zero attached hydrogens (tertiary/aromatic N) is 1. The van der Waals surface area contributed by atoms with Gasteiger partial charge in [-0.05, 0) is 59.9 Å². The standard InChI is InChI=1S/C21H23N3O2S/c1-26-14-20(25)24-19-5-3-2-4-16(19)7-9-17(27)8-6-15-10-12-22-21-18(15)11-13-23-21/h2-5,10-13H,6-9,14H2,1H3,(H,22,23)(H,24,25). The summed E-state index contributed by atoms with van der Waals surface area (Å²) in [6.07, 6.45) is 7.12. The second-order valence-corrected chi connectivity index (χ2v) is 6.96. The summed E-state index contributed by atoms with van der Waals surface area (Å²) in [5.74, 6) is -0.152. The maximum absolute atomic E-state index is 11.8. The number of nitrogens with one attached hydrogen (secondary N) is 2. The fraction of sp³-hybridized carbons (Fsp3) is 0.286. The van der Waals surface area contributed by atoms with Crippen LogP contribution in [0, 0.1) is 0 Å². The minimum absolute atomic E-state index is 0.0479. The lowest BCUT2D eigenvalue weighted by molar-refractivity contribution is -0.119. The number of H-pyrrole nitrogens is 1. The highest BCUT2D eigenvalue weighted by Crippen LogP contribution is 2.20. The Morgan fingerprint density at radius 3 is 2.74 bits per heavy atom. The molecule has 0 aliphatic rings. The van der Waals surface area contributed by atoms with Crippen molar-refractivity contribution in [3.63, 3.8) is 0 Å². The lowest BCUT2D eigenvalue weighted by Gasteiger charge is -2.11. The van der Waals surface area contributed by atoms with E-state index in [0.29, 0.717) is 0 Å². The van der Waals surface area contributed by atoms with Crippen molar-refractivity contribution in [3.05, 3.63) is 59.9 Å². The van der Waals surface area contributed by atoms with E-state index in [0.717, 1.165) is 52.8 Å². The summed E-state index contributed by atoms with van der Waals surface area (Å²) in [5, 5.41) is 4.05. The highest BCUT2D eigenvalue weighted by molar-refractivity contribution is 7.80. The first kappa shape index (κ1) is 19.2. The first-order valence-corrected chi connectivity index (χ1v) is 9.37. The molecule has 27 heavy (non-hydrogen) atoms. The van der Waals surface area contributed by atoms with Crippen molar-refractivity contribution >= 4 is 39.7 Å². The number of hydrogen-bond acceptors (Lipinski definition) is 4. The van der Waals surface area contributed by atoms with Crippen LogP contribution in [0.4, 0.5) is 5.69 Å². The number of aromatic amines is 1. The van der Waals surface area contributed by atoms with Gasteiger partial charge in [0.15, 0.2) is 0 Å². The number of hydrogen-bond donors (Lipinski definition) is 2. The number of aromatic nitrogens is 2. The molecule has 0 bridgehead atoms. The Kier molecular flexibility index (Phi) is 6.68. The lowest BCUT2D eigenvalue weighted by atomic mass is 10.0. The van der Waals surface area contributed by atoms with E-state index < -0.39 is 0 Å². The number of amides is 1. The second kappa shape index (κ2) is 9.39. The van der Waals surface area contributed by atoms with Crippen LogP contribution in [0.5, 0.6) is 0 Å². The highest BCUT2D eigenvalue weighted by Gasteiger charge is 2.08. The Morgan fingerprint density at radius 2 is 1.93 bits per heavy atom. The zero-order valence-electron chi connectivity index (χ0n) is 15.3. The Balaban J connectivity index is 1.55. The van der Waals surface area contributed by atoms with Gasteiger partial charge >= 0.3 is 0 Å². The molecule has 0 spiro atoms. The Bertz CT molecular complexity index is 936. The Morgan fingerprint density at radius 1 is 1.15 bits per heavy atom. The van der Waals surface area contributed by atoms with Crippen LogP contribution in [0.1, 0.15) is 24.0 Å². The molecule has 5 nitrogen and oxygen atoms in total. The van der Waals surface area contributed by atoms with Crippen LogP contribution in [-0.4, -0.2) is 34.5 Å². The molecule has 2 aromatic heterocycles. The number of rotatable bonds is 9. The average molecular weight is 382 g/mol. The van der Waals surface area contributed by atoms with Gasteiger partial charge < -0.3 is 15.0 Å². The van der Waals surface area contributed by atoms with Crippen LogP contribution < -0.4 is 5.32 Å². The minimum Gasteiger partial charge on any atom is -0.375 e. The predicted molar refractivity (Wildman–Crippen MR) is 112 cm³/mol. The molecular weight excluding hydrogens is 358 g/mol. The molecule has 3 rings (SSSR count). The van der Waals surface area contributed by atoms with Crippen molar-refractivity contribution in [2.75, 3.05) is 19.0 Å². The molecule has 0 saturated heterocycles. The van der Waals surface area contributed by atoms with Crippen LogP contribution >= 0.6 is 12.2 Å². The number of thiocarbonyl (C=S) groups is 1. The van der Waals surface area contributed by atoms with E-state index in [9.17, 15) is 4.79 Å². The Hall–Kier alpha value is -2.57. The number of methoxy groups -OCH3 is 1. The van der Waals surface area contributed by atoms with Crippen molar-refractivity contribution in [2.45, 2.75) is 25.7 Å². The average Bonchev–Trinajstić information content (AvgIpc) is 3.15. The molecule has 2 heterocycles. The molecule has 2 N–H and O–H groups in total. The molecule has 0 atom stereocenters. The minimum atomic E-state index is -0.152. The molecule has 0 aliphatic carbocycles. The van der Waals surface area contributed by atoms with Gasteiger partial charge in [-0.1, -0.05) is 30.4 Å². The molecule has 6 heteroatoms. The van der Waals surface area contributed by atoms with E-state index in [1.165, 1.54) is 12.7 Å². The number of para-hydroxylation sites is 1. The second-order valence-electron chi connectivity index (χ2n) is 6.39. The molecule has 0 radical (unpaired) electrons. The van der Waals surface area contributed by atoms with E-state index in [4.69, 9.17) is 17.0 Å². The third kappa shape index (κ3) is 5.21. The highest BCUT2D eigenvalue weighted by atomic mass is 32.1. The number of carbonyl (C=O) groups is 1. The van der Waals surface area contributed by atoms with Crippen molar-refractivity contribution in [3.8, 4) is 0 Å². The maximum atomic E-state index is 11.8. The summed E-state index contributed by atoms with van der Waals surface area (Å²) in [4.78, 5) is 20.3. The zero-order chi connectivity index (χ0) is 19.1. The van der Waals surface area contributed by atoms with Crippen LogP contribution in [0.2, 0.25) is 0 Å². The van der Waals surface area contributed by atoms with Crippen molar-refractivity contribution in [2.24, 2.45) is 0 Å². The van der Waals surface area contributed by atoms with Gasteiger partial charge in [-0.3, -0.25) is 4.79 Å². The number of benzene rings is 1. The van der Waals surface area contributed by atoms with Crippen molar-refractivity contribution in [1.82, 2.24) is 9.97 Å². The monoisotopic (exact) mass is 381 g/mol. The van der Waals surface area contributed by atoms with E-state index >= 15 is 0 Å². The molecular formula is C21H23N3O2S. The van der Waals surface area contributed by atoms with Gasteiger partial charge in [0.05, 0.1) is 0 Å². The SMILES string of the molecule is COCC(=O)Nc1ccccc1CCC(=S)CCc1ccnc2[nH]ccc12. The quantitative estimate of drug-likeness (QED) is 0.548. The third-order valence-corrected chi connectivity index (χ3v) is 4.87. The van der Waals surface area contributed by atoms with Gasteiger partial charge in [-0.2, -0.15) is 0 Å². The molecule has 140 valence electrons. The number of ether oxygens (including phenoxy) is 1. The summed E-state index contributed by atoms with van der Waals surface area (Å²) in [6.45, 7) is 0.0479. The topological polar surface area (TPSA) is 67.0 Å². The van der Waals surface area contributed by atoms with Gasteiger partial charge in [0.25, 0.3) is 0 Å². The third-order valence-electron chi connectivity index (χ3n) is 4.46. The molecule has 0 aliphatic heterocycles. The molecule has 1 amide bonds. The van der Waals surface area contributed by atoms with Crippen molar-refractivity contribution < 1.29 is 9.53 Å². The molecule has 3 aromatic rings. The van der Waals surface area contributed by atoms with Crippen LogP contribution in [-0.2, 0) is 22.4 Å². The maximum Gasteiger partial charge on any atom is 0.250 e. The zero-order valence-corrected chi connectivity index (χ0v) is 16.1. The number of anilines is 1.